The van der Waals surface area contributed by atoms with Gasteiger partial charge in [-0.05, 0) is 18.2 Å². The van der Waals surface area contributed by atoms with Crippen molar-refractivity contribution in [3.05, 3.63) is 41.6 Å². The first-order chi connectivity index (χ1) is 8.99. The van der Waals surface area contributed by atoms with Crippen LogP contribution in [0.4, 0.5) is 0 Å². The molecule has 102 valence electrons. The SMILES string of the molecule is COC(=O)c1cc(C(=O)/C=C/N(C)C)ccc1OC. The first-order valence-electron chi connectivity index (χ1n) is 5.65. The molecule has 5 heteroatoms. The Kier molecular flexibility index (Phi) is 5.11. The van der Waals surface area contributed by atoms with Gasteiger partial charge in [0.25, 0.3) is 0 Å². The summed E-state index contributed by atoms with van der Waals surface area (Å²) in [4.78, 5) is 25.3. The van der Waals surface area contributed by atoms with E-state index in [-0.39, 0.29) is 11.3 Å². The van der Waals surface area contributed by atoms with Crippen LogP contribution in [0, 0.1) is 0 Å². The number of carbonyl (C=O) groups excluding carboxylic acids is 2. The molecule has 0 saturated heterocycles. The van der Waals surface area contributed by atoms with Crippen molar-refractivity contribution in [2.45, 2.75) is 0 Å². The molecule has 0 fully saturated rings. The Hall–Kier alpha value is -2.30. The fourth-order valence-corrected chi connectivity index (χ4v) is 1.44. The van der Waals surface area contributed by atoms with Gasteiger partial charge in [0.2, 0.25) is 0 Å². The highest BCUT2D eigenvalue weighted by Gasteiger charge is 2.15. The van der Waals surface area contributed by atoms with Gasteiger partial charge in [-0.3, -0.25) is 4.79 Å². The highest BCUT2D eigenvalue weighted by molar-refractivity contribution is 6.06. The van der Waals surface area contributed by atoms with Crippen molar-refractivity contribution >= 4 is 11.8 Å². The summed E-state index contributed by atoms with van der Waals surface area (Å²) in [6.45, 7) is 0. The van der Waals surface area contributed by atoms with Crippen LogP contribution in [-0.4, -0.2) is 45.0 Å². The van der Waals surface area contributed by atoms with Crippen LogP contribution in [0.2, 0.25) is 0 Å². The zero-order valence-corrected chi connectivity index (χ0v) is 11.5. The van der Waals surface area contributed by atoms with Gasteiger partial charge in [-0.25, -0.2) is 4.79 Å². The molecule has 1 aromatic carbocycles. The molecule has 19 heavy (non-hydrogen) atoms. The fraction of sp³-hybridized carbons (Fsp3) is 0.286. The lowest BCUT2D eigenvalue weighted by molar-refractivity contribution is 0.0597. The molecule has 0 unspecified atom stereocenters. The number of ether oxygens (including phenoxy) is 2. The Morgan fingerprint density at radius 3 is 2.42 bits per heavy atom. The maximum absolute atomic E-state index is 11.9. The topological polar surface area (TPSA) is 55.8 Å². The van der Waals surface area contributed by atoms with E-state index in [4.69, 9.17) is 4.74 Å². The Labute approximate surface area is 112 Å². The van der Waals surface area contributed by atoms with Gasteiger partial charge in [0, 0.05) is 31.9 Å². The molecule has 0 radical (unpaired) electrons. The molecule has 0 spiro atoms. The molecule has 0 aliphatic heterocycles. The number of allylic oxidation sites excluding steroid dienone is 1. The third-order valence-corrected chi connectivity index (χ3v) is 2.41. The summed E-state index contributed by atoms with van der Waals surface area (Å²) in [6.07, 6.45) is 3.08. The second-order valence-electron chi connectivity index (χ2n) is 4.05. The van der Waals surface area contributed by atoms with Crippen LogP contribution in [-0.2, 0) is 4.74 Å². The third kappa shape index (κ3) is 3.84. The normalized spacial score (nSPS) is 10.3. The van der Waals surface area contributed by atoms with E-state index >= 15 is 0 Å². The minimum Gasteiger partial charge on any atom is -0.496 e. The quantitative estimate of drug-likeness (QED) is 0.460. The van der Waals surface area contributed by atoms with E-state index in [0.29, 0.717) is 11.3 Å². The van der Waals surface area contributed by atoms with Crippen LogP contribution in [0.5, 0.6) is 5.75 Å². The zero-order chi connectivity index (χ0) is 14.4. The summed E-state index contributed by atoms with van der Waals surface area (Å²) in [5, 5.41) is 0. The van der Waals surface area contributed by atoms with Crippen LogP contribution in [0.25, 0.3) is 0 Å². The van der Waals surface area contributed by atoms with E-state index in [9.17, 15) is 9.59 Å². The average Bonchev–Trinajstić information content (AvgIpc) is 2.42. The minimum absolute atomic E-state index is 0.193. The van der Waals surface area contributed by atoms with Crippen LogP contribution >= 0.6 is 0 Å². The van der Waals surface area contributed by atoms with Crippen LogP contribution in [0.3, 0.4) is 0 Å². The molecule has 1 aromatic rings. The van der Waals surface area contributed by atoms with E-state index in [2.05, 4.69) is 4.74 Å². The summed E-state index contributed by atoms with van der Waals surface area (Å²) in [7, 11) is 6.37. The third-order valence-electron chi connectivity index (χ3n) is 2.41. The molecule has 1 rings (SSSR count). The Balaban J connectivity index is 3.11. The van der Waals surface area contributed by atoms with Gasteiger partial charge in [0.15, 0.2) is 5.78 Å². The minimum atomic E-state index is -0.539. The molecule has 0 aliphatic carbocycles. The molecule has 0 saturated carbocycles. The van der Waals surface area contributed by atoms with Gasteiger partial charge in [-0.1, -0.05) is 0 Å². The van der Waals surface area contributed by atoms with Crippen molar-refractivity contribution in [2.24, 2.45) is 0 Å². The Morgan fingerprint density at radius 2 is 1.89 bits per heavy atom. The van der Waals surface area contributed by atoms with Crippen LogP contribution in [0.1, 0.15) is 20.7 Å². The van der Waals surface area contributed by atoms with E-state index in [1.165, 1.54) is 26.4 Å². The number of hydrogen-bond acceptors (Lipinski definition) is 5. The monoisotopic (exact) mass is 263 g/mol. The second-order valence-corrected chi connectivity index (χ2v) is 4.05. The lowest BCUT2D eigenvalue weighted by Crippen LogP contribution is -2.07. The molecule has 5 nitrogen and oxygen atoms in total. The van der Waals surface area contributed by atoms with E-state index < -0.39 is 5.97 Å². The van der Waals surface area contributed by atoms with E-state index in [1.807, 2.05) is 14.1 Å². The zero-order valence-electron chi connectivity index (χ0n) is 11.5. The number of benzene rings is 1. The van der Waals surface area contributed by atoms with Crippen molar-refractivity contribution in [3.63, 3.8) is 0 Å². The highest BCUT2D eigenvalue weighted by Crippen LogP contribution is 2.21. The molecule has 0 amide bonds. The van der Waals surface area contributed by atoms with Gasteiger partial charge >= 0.3 is 5.97 Å². The van der Waals surface area contributed by atoms with Crippen molar-refractivity contribution in [1.29, 1.82) is 0 Å². The van der Waals surface area contributed by atoms with Crippen LogP contribution < -0.4 is 4.74 Å². The molecular formula is C14H17NO4. The molecular weight excluding hydrogens is 246 g/mol. The summed E-state index contributed by atoms with van der Waals surface area (Å²) < 4.78 is 9.72. The first-order valence-corrected chi connectivity index (χ1v) is 5.65. The van der Waals surface area contributed by atoms with Crippen molar-refractivity contribution in [3.8, 4) is 5.75 Å². The van der Waals surface area contributed by atoms with E-state index in [1.54, 1.807) is 23.2 Å². The smallest absolute Gasteiger partial charge is 0.341 e. The number of carbonyl (C=O) groups is 2. The van der Waals surface area contributed by atoms with Gasteiger partial charge < -0.3 is 14.4 Å². The van der Waals surface area contributed by atoms with Gasteiger partial charge in [-0.2, -0.15) is 0 Å². The molecule has 0 aromatic heterocycles. The molecule has 0 bridgehead atoms. The highest BCUT2D eigenvalue weighted by atomic mass is 16.5. The maximum Gasteiger partial charge on any atom is 0.341 e. The summed E-state index contributed by atoms with van der Waals surface area (Å²) in [5.41, 5.74) is 0.633. The first kappa shape index (κ1) is 14.8. The standard InChI is InChI=1S/C14H17NO4/c1-15(2)8-7-12(16)10-5-6-13(18-3)11(9-10)14(17)19-4/h5-9H,1-4H3/b8-7+. The van der Waals surface area contributed by atoms with Crippen LogP contribution in [0.15, 0.2) is 30.5 Å². The lowest BCUT2D eigenvalue weighted by atomic mass is 10.1. The van der Waals surface area contributed by atoms with Crippen molar-refractivity contribution in [1.82, 2.24) is 4.90 Å². The largest absolute Gasteiger partial charge is 0.496 e. The second kappa shape index (κ2) is 6.58. The molecule has 0 atom stereocenters. The number of esters is 1. The number of ketones is 1. The Morgan fingerprint density at radius 1 is 1.21 bits per heavy atom. The number of hydrogen-bond donors (Lipinski definition) is 0. The lowest BCUT2D eigenvalue weighted by Gasteiger charge is -2.08. The number of methoxy groups -OCH3 is 2. The summed E-state index contributed by atoms with van der Waals surface area (Å²) in [5.74, 6) is -0.357. The average molecular weight is 263 g/mol. The Bertz CT molecular complexity index is 506. The molecule has 0 aliphatic rings. The number of nitrogens with zero attached hydrogens (tertiary/aromatic N) is 1. The fourth-order valence-electron chi connectivity index (χ4n) is 1.44. The number of rotatable bonds is 5. The van der Waals surface area contributed by atoms with Gasteiger partial charge in [0.05, 0.1) is 14.2 Å². The van der Waals surface area contributed by atoms with Gasteiger partial charge in [0.1, 0.15) is 11.3 Å². The predicted molar refractivity (Wildman–Crippen MR) is 71.5 cm³/mol. The summed E-state index contributed by atoms with van der Waals surface area (Å²) >= 11 is 0. The van der Waals surface area contributed by atoms with Gasteiger partial charge in [-0.15, -0.1) is 0 Å². The molecule has 0 heterocycles. The van der Waals surface area contributed by atoms with E-state index in [0.717, 1.165) is 0 Å². The van der Waals surface area contributed by atoms with Crippen molar-refractivity contribution in [2.75, 3.05) is 28.3 Å². The molecule has 0 N–H and O–H groups in total. The summed E-state index contributed by atoms with van der Waals surface area (Å²) in [6, 6.07) is 4.64. The predicted octanol–water partition coefficient (Wildman–Crippen LogP) is 1.74. The maximum atomic E-state index is 11.9. The van der Waals surface area contributed by atoms with Crippen molar-refractivity contribution < 1.29 is 19.1 Å².